The van der Waals surface area contributed by atoms with Gasteiger partial charge >= 0.3 is 0 Å². The van der Waals surface area contributed by atoms with Crippen LogP contribution in [0, 0.1) is 0 Å². The Bertz CT molecular complexity index is 543. The second-order valence-corrected chi connectivity index (χ2v) is 5.64. The van der Waals surface area contributed by atoms with Gasteiger partial charge in [-0.15, -0.1) is 0 Å². The molecule has 0 saturated heterocycles. The quantitative estimate of drug-likeness (QED) is 0.768. The molecule has 0 bridgehead atoms. The maximum absolute atomic E-state index is 5.47. The highest BCUT2D eigenvalue weighted by Gasteiger charge is 2.06. The van der Waals surface area contributed by atoms with Gasteiger partial charge in [-0.05, 0) is 55.2 Å². The summed E-state index contributed by atoms with van der Waals surface area (Å²) in [5, 5.41) is 3.53. The van der Waals surface area contributed by atoms with Gasteiger partial charge in [0.25, 0.3) is 0 Å². The van der Waals surface area contributed by atoms with Crippen LogP contribution in [0.1, 0.15) is 50.8 Å². The van der Waals surface area contributed by atoms with Gasteiger partial charge in [0.15, 0.2) is 0 Å². The van der Waals surface area contributed by atoms with Crippen molar-refractivity contribution in [1.29, 1.82) is 0 Å². The van der Waals surface area contributed by atoms with Gasteiger partial charge in [0.1, 0.15) is 5.75 Å². The number of nitrogens with one attached hydrogen (secondary N) is 1. The molecule has 0 aliphatic rings. The van der Waals surface area contributed by atoms with Crippen LogP contribution < -0.4 is 10.1 Å². The first-order chi connectivity index (χ1) is 10.1. The van der Waals surface area contributed by atoms with Crippen molar-refractivity contribution >= 4 is 5.69 Å². The molecule has 0 aromatic heterocycles. The fourth-order valence-corrected chi connectivity index (χ4v) is 2.32. The Morgan fingerprint density at radius 1 is 0.857 bits per heavy atom. The molecule has 0 radical (unpaired) electrons. The average molecular weight is 283 g/mol. The standard InChI is InChI=1S/C19H25NO/c1-5-21-19-12-8-17(9-13-19)15(4)20-18-10-6-16(7-11-18)14(2)3/h6-15,20H,5H2,1-4H3. The summed E-state index contributed by atoms with van der Waals surface area (Å²) in [5.41, 5.74) is 3.78. The fourth-order valence-electron chi connectivity index (χ4n) is 2.32. The van der Waals surface area contributed by atoms with Crippen molar-refractivity contribution in [2.45, 2.75) is 39.7 Å². The molecule has 2 nitrogen and oxygen atoms in total. The Kier molecular flexibility index (Phi) is 5.26. The highest BCUT2D eigenvalue weighted by molar-refractivity contribution is 5.47. The van der Waals surface area contributed by atoms with Crippen LogP contribution in [0.25, 0.3) is 0 Å². The van der Waals surface area contributed by atoms with E-state index in [0.717, 1.165) is 11.4 Å². The molecule has 0 heterocycles. The van der Waals surface area contributed by atoms with E-state index in [1.54, 1.807) is 0 Å². The minimum Gasteiger partial charge on any atom is -0.494 e. The minimum absolute atomic E-state index is 0.269. The second-order valence-electron chi connectivity index (χ2n) is 5.64. The molecule has 0 spiro atoms. The number of anilines is 1. The molecule has 2 aromatic carbocycles. The lowest BCUT2D eigenvalue weighted by Crippen LogP contribution is -2.06. The lowest BCUT2D eigenvalue weighted by Gasteiger charge is -2.17. The molecule has 112 valence electrons. The number of benzene rings is 2. The lowest BCUT2D eigenvalue weighted by molar-refractivity contribution is 0.340. The summed E-state index contributed by atoms with van der Waals surface area (Å²) < 4.78 is 5.47. The van der Waals surface area contributed by atoms with Crippen LogP contribution >= 0.6 is 0 Å². The Morgan fingerprint density at radius 2 is 1.43 bits per heavy atom. The normalized spacial score (nSPS) is 12.2. The molecule has 2 rings (SSSR count). The molecule has 0 aliphatic heterocycles. The maximum Gasteiger partial charge on any atom is 0.119 e. The van der Waals surface area contributed by atoms with Crippen LogP contribution in [0.15, 0.2) is 48.5 Å². The van der Waals surface area contributed by atoms with Crippen LogP contribution in [0.2, 0.25) is 0 Å². The number of rotatable bonds is 6. The van der Waals surface area contributed by atoms with Crippen molar-refractivity contribution in [2.75, 3.05) is 11.9 Å². The largest absolute Gasteiger partial charge is 0.494 e. The first-order valence-corrected chi connectivity index (χ1v) is 7.69. The minimum atomic E-state index is 0.269. The number of hydrogen-bond acceptors (Lipinski definition) is 2. The van der Waals surface area contributed by atoms with Crippen LogP contribution in [-0.4, -0.2) is 6.61 Å². The molecule has 0 saturated carbocycles. The molecule has 0 aliphatic carbocycles. The molecule has 0 amide bonds. The summed E-state index contributed by atoms with van der Waals surface area (Å²) in [4.78, 5) is 0. The van der Waals surface area contributed by atoms with E-state index < -0.39 is 0 Å². The SMILES string of the molecule is CCOc1ccc(C(C)Nc2ccc(C(C)C)cc2)cc1. The highest BCUT2D eigenvalue weighted by atomic mass is 16.5. The number of hydrogen-bond donors (Lipinski definition) is 1. The molecule has 0 fully saturated rings. The first-order valence-electron chi connectivity index (χ1n) is 7.69. The van der Waals surface area contributed by atoms with E-state index in [2.05, 4.69) is 62.5 Å². The lowest BCUT2D eigenvalue weighted by atomic mass is 10.0. The van der Waals surface area contributed by atoms with E-state index in [9.17, 15) is 0 Å². The average Bonchev–Trinajstić information content (AvgIpc) is 2.49. The fraction of sp³-hybridized carbons (Fsp3) is 0.368. The molecular weight excluding hydrogens is 258 g/mol. The molecule has 2 aromatic rings. The predicted octanol–water partition coefficient (Wildman–Crippen LogP) is 5.38. The summed E-state index contributed by atoms with van der Waals surface area (Å²) >= 11 is 0. The van der Waals surface area contributed by atoms with Crippen LogP contribution in [0.4, 0.5) is 5.69 Å². The van der Waals surface area contributed by atoms with Gasteiger partial charge in [-0.2, -0.15) is 0 Å². The monoisotopic (exact) mass is 283 g/mol. The van der Waals surface area contributed by atoms with Crippen LogP contribution in [-0.2, 0) is 0 Å². The third-order valence-corrected chi connectivity index (χ3v) is 3.65. The summed E-state index contributed by atoms with van der Waals surface area (Å²) in [7, 11) is 0. The molecular formula is C19H25NO. The van der Waals surface area contributed by atoms with Gasteiger partial charge in [0, 0.05) is 11.7 Å². The maximum atomic E-state index is 5.47. The second kappa shape index (κ2) is 7.16. The van der Waals surface area contributed by atoms with Gasteiger partial charge in [-0.25, -0.2) is 0 Å². The van der Waals surface area contributed by atoms with Crippen molar-refractivity contribution in [3.8, 4) is 5.75 Å². The highest BCUT2D eigenvalue weighted by Crippen LogP contribution is 2.23. The van der Waals surface area contributed by atoms with E-state index in [1.165, 1.54) is 11.1 Å². The molecule has 2 heteroatoms. The third-order valence-electron chi connectivity index (χ3n) is 3.65. The molecule has 1 unspecified atom stereocenters. The van der Waals surface area contributed by atoms with E-state index >= 15 is 0 Å². The van der Waals surface area contributed by atoms with E-state index in [-0.39, 0.29) is 6.04 Å². The Hall–Kier alpha value is -1.96. The first kappa shape index (κ1) is 15.4. The van der Waals surface area contributed by atoms with E-state index in [4.69, 9.17) is 4.74 Å². The summed E-state index contributed by atoms with van der Waals surface area (Å²) in [6.07, 6.45) is 0. The van der Waals surface area contributed by atoms with Crippen molar-refractivity contribution < 1.29 is 4.74 Å². The van der Waals surface area contributed by atoms with Gasteiger partial charge in [0.05, 0.1) is 6.61 Å². The van der Waals surface area contributed by atoms with Crippen molar-refractivity contribution in [2.24, 2.45) is 0 Å². The third kappa shape index (κ3) is 4.25. The molecule has 1 N–H and O–H groups in total. The van der Waals surface area contributed by atoms with E-state index in [1.807, 2.05) is 19.1 Å². The van der Waals surface area contributed by atoms with Gasteiger partial charge in [-0.1, -0.05) is 38.1 Å². The van der Waals surface area contributed by atoms with Crippen LogP contribution in [0.3, 0.4) is 0 Å². The Balaban J connectivity index is 2.01. The predicted molar refractivity (Wildman–Crippen MR) is 90.2 cm³/mol. The Morgan fingerprint density at radius 3 is 1.95 bits per heavy atom. The summed E-state index contributed by atoms with van der Waals surface area (Å²) in [6, 6.07) is 17.2. The topological polar surface area (TPSA) is 21.3 Å². The van der Waals surface area contributed by atoms with Gasteiger partial charge in [-0.3, -0.25) is 0 Å². The zero-order chi connectivity index (χ0) is 15.2. The number of ether oxygens (including phenoxy) is 1. The van der Waals surface area contributed by atoms with Crippen LogP contribution in [0.5, 0.6) is 5.75 Å². The van der Waals surface area contributed by atoms with E-state index in [0.29, 0.717) is 12.5 Å². The van der Waals surface area contributed by atoms with Crippen molar-refractivity contribution in [1.82, 2.24) is 0 Å². The smallest absolute Gasteiger partial charge is 0.119 e. The van der Waals surface area contributed by atoms with Crippen molar-refractivity contribution in [3.05, 3.63) is 59.7 Å². The summed E-state index contributed by atoms with van der Waals surface area (Å²) in [5.74, 6) is 1.50. The van der Waals surface area contributed by atoms with Gasteiger partial charge < -0.3 is 10.1 Å². The van der Waals surface area contributed by atoms with Gasteiger partial charge in [0.2, 0.25) is 0 Å². The molecule has 21 heavy (non-hydrogen) atoms. The zero-order valence-electron chi connectivity index (χ0n) is 13.4. The summed E-state index contributed by atoms with van der Waals surface area (Å²) in [6.45, 7) is 9.30. The zero-order valence-corrected chi connectivity index (χ0v) is 13.4. The van der Waals surface area contributed by atoms with Crippen molar-refractivity contribution in [3.63, 3.8) is 0 Å². The Labute approximate surface area is 128 Å². The molecule has 1 atom stereocenters.